The number of hydrogen-bond donors (Lipinski definition) is 5. The van der Waals surface area contributed by atoms with Crippen LogP contribution in [-0.2, 0) is 58.7 Å². The number of carboxylic acids is 1. The lowest BCUT2D eigenvalue weighted by atomic mass is 9.74. The number of carbonyl (C=O) groups excluding carboxylic acids is 3. The molecule has 0 bridgehead atoms. The largest absolute Gasteiger partial charge is 0.477 e. The molecule has 3 fully saturated rings. The van der Waals surface area contributed by atoms with E-state index in [0.29, 0.717) is 31.5 Å². The van der Waals surface area contributed by atoms with Crippen molar-refractivity contribution in [1.82, 2.24) is 19.9 Å². The molecule has 5 N–H and O–H groups in total. The fourth-order valence-electron chi connectivity index (χ4n) is 11.6. The molecule has 3 aliphatic heterocycles. The first-order valence-corrected chi connectivity index (χ1v) is 27.0. The zero-order valence-electron chi connectivity index (χ0n) is 48.1. The quantitative estimate of drug-likeness (QED) is 0.106. The Kier molecular flexibility index (Phi) is 21.8. The number of methoxy groups -OCH3 is 2. The second-order valence-corrected chi connectivity index (χ2v) is 22.8. The number of carboxylic acid groups (broad SMARTS) is 1. The number of esters is 2. The Balaban J connectivity index is 1.35. The van der Waals surface area contributed by atoms with E-state index in [0.717, 1.165) is 5.56 Å². The first-order valence-electron chi connectivity index (χ1n) is 27.0. The average molecular weight is 1090 g/mol. The fourth-order valence-corrected chi connectivity index (χ4v) is 11.6. The van der Waals surface area contributed by atoms with Gasteiger partial charge in [-0.2, -0.15) is 0 Å². The summed E-state index contributed by atoms with van der Waals surface area (Å²) in [5.41, 5.74) is -4.41. The van der Waals surface area contributed by atoms with Crippen LogP contribution in [0, 0.1) is 23.7 Å². The van der Waals surface area contributed by atoms with Crippen LogP contribution in [0.15, 0.2) is 23.3 Å². The van der Waals surface area contributed by atoms with Gasteiger partial charge in [0.05, 0.1) is 53.8 Å². The standard InChI is InChI=1S/C55H89N5O17/c1-17-39-55(10,69)46(65)31(4)42(62)29(2)25-53(8,70-15)47(77-52-44(64)38(58(11)12)23-30(3)72-52)32(5)45(33(6)51(68)74-39)76-41-26-54(9,71-16)48(34(7)73-41)75-40(61)20-22-56-21-18-19-35-24-36-43(63)37(50(66)67)28-60(59(13)14)49(36)57-27-35/h24,27-34,38-39,41,44-48,52,56,64-65,69H,17-23,25-26H2,1-16H3,(H,66,67)/t29-,30-,31?,32+,33-,34+,38+,39-,41+,44-,45+,46-,47-,48+,52+,53-,54-,55-/m1/s1. The number of nitrogens with zero attached hydrogens (tertiary/aromatic N) is 4. The number of ketones is 1. The van der Waals surface area contributed by atoms with Crippen molar-refractivity contribution in [3.05, 3.63) is 39.8 Å². The lowest BCUT2D eigenvalue weighted by Crippen LogP contribution is -2.61. The molecule has 0 radical (unpaired) electrons. The number of Topliss-reactive ketones (excluding diaryl/α,β-unsaturated/α-hetero) is 1. The van der Waals surface area contributed by atoms with Gasteiger partial charge in [0.15, 0.2) is 24.3 Å². The Morgan fingerprint density at radius 1 is 0.909 bits per heavy atom. The van der Waals surface area contributed by atoms with Crippen LogP contribution in [0.5, 0.6) is 0 Å². The number of pyridine rings is 2. The van der Waals surface area contributed by atoms with Crippen LogP contribution in [0.4, 0.5) is 0 Å². The zero-order valence-corrected chi connectivity index (χ0v) is 48.1. The Labute approximate surface area is 453 Å². The summed E-state index contributed by atoms with van der Waals surface area (Å²) in [7, 11) is 10.1. The van der Waals surface area contributed by atoms with E-state index in [4.69, 9.17) is 37.9 Å². The Morgan fingerprint density at radius 3 is 2.16 bits per heavy atom. The lowest BCUT2D eigenvalue weighted by Gasteiger charge is -2.50. The van der Waals surface area contributed by atoms with Crippen molar-refractivity contribution in [2.24, 2.45) is 23.7 Å². The molecule has 3 aliphatic rings. The van der Waals surface area contributed by atoms with Crippen LogP contribution >= 0.6 is 0 Å². The Bertz CT molecular complexity index is 2400. The molecule has 0 amide bonds. The summed E-state index contributed by atoms with van der Waals surface area (Å²) in [6, 6.07) is 1.32. The highest BCUT2D eigenvalue weighted by Crippen LogP contribution is 2.42. The maximum atomic E-state index is 14.6. The minimum atomic E-state index is -2.03. The van der Waals surface area contributed by atoms with Gasteiger partial charge in [-0.05, 0) is 106 Å². The van der Waals surface area contributed by atoms with Gasteiger partial charge in [-0.1, -0.05) is 27.7 Å². The van der Waals surface area contributed by atoms with E-state index >= 15 is 0 Å². The first-order chi connectivity index (χ1) is 36.0. The number of rotatable bonds is 18. The third-order valence-corrected chi connectivity index (χ3v) is 16.4. The monoisotopic (exact) mass is 1090 g/mol. The minimum Gasteiger partial charge on any atom is -0.477 e. The number of aromatic nitrogens is 2. The van der Waals surface area contributed by atoms with E-state index in [2.05, 4.69) is 10.3 Å². The number of aromatic carboxylic acids is 1. The molecule has 0 saturated carbocycles. The number of nitrogens with one attached hydrogen (secondary N) is 1. The SMILES string of the molecule is CC[C@H]1OC(=O)[C@H](C)[C@@H](O[C@H]2C[C@@](C)(OC)[C@@H](OC(=O)CCNCCCc3cnc4c(c3)c(=O)c(C(=O)O)cn4N(C)C)[C@H](C)O2)[C@H](C)[C@@H](O[C@@H]2O[C@H](C)C[C@H](N(C)C)[C@H]2O)[C@](C)(OC)C[C@@H](C)C(=O)C(C)[C@@H](O)[C@]1(C)O. The van der Waals surface area contributed by atoms with Crippen LogP contribution in [0.25, 0.3) is 11.0 Å². The van der Waals surface area contributed by atoms with E-state index < -0.39 is 119 Å². The maximum absolute atomic E-state index is 14.6. The van der Waals surface area contributed by atoms with Gasteiger partial charge in [0.2, 0.25) is 5.43 Å². The Morgan fingerprint density at radius 2 is 1.56 bits per heavy atom. The number of cyclic esters (lactones) is 1. The van der Waals surface area contributed by atoms with Crippen molar-refractivity contribution < 1.29 is 77.5 Å². The molecular formula is C55H89N5O17. The molecule has 22 heteroatoms. The topological polar surface area (TPSA) is 276 Å². The first kappa shape index (κ1) is 63.6. The fraction of sp³-hybridized carbons (Fsp3) is 0.782. The van der Waals surface area contributed by atoms with E-state index in [1.807, 2.05) is 32.8 Å². The van der Waals surface area contributed by atoms with Gasteiger partial charge in [0, 0.05) is 77.5 Å². The predicted octanol–water partition coefficient (Wildman–Crippen LogP) is 3.21. The summed E-state index contributed by atoms with van der Waals surface area (Å²) in [5, 5.41) is 50.0. The zero-order chi connectivity index (χ0) is 57.6. The molecule has 77 heavy (non-hydrogen) atoms. The molecule has 0 spiro atoms. The highest BCUT2D eigenvalue weighted by Gasteiger charge is 2.55. The molecule has 436 valence electrons. The highest BCUT2D eigenvalue weighted by atomic mass is 16.7. The van der Waals surface area contributed by atoms with E-state index in [9.17, 15) is 44.4 Å². The van der Waals surface area contributed by atoms with Gasteiger partial charge in [-0.3, -0.25) is 19.2 Å². The molecule has 0 aliphatic carbocycles. The molecule has 22 nitrogen and oxygen atoms in total. The predicted molar refractivity (Wildman–Crippen MR) is 284 cm³/mol. The summed E-state index contributed by atoms with van der Waals surface area (Å²) in [5.74, 6) is -6.69. The second-order valence-electron chi connectivity index (χ2n) is 22.8. The van der Waals surface area contributed by atoms with Crippen molar-refractivity contribution >= 4 is 34.7 Å². The molecule has 5 heterocycles. The number of ether oxygens (including phenoxy) is 8. The van der Waals surface area contributed by atoms with E-state index in [1.54, 1.807) is 72.9 Å². The minimum absolute atomic E-state index is 0.0145. The number of fused-ring (bicyclic) bond motifs is 1. The van der Waals surface area contributed by atoms with Gasteiger partial charge in [-0.25, -0.2) is 14.5 Å². The molecule has 0 aromatic carbocycles. The van der Waals surface area contributed by atoms with Crippen molar-refractivity contribution in [2.45, 2.75) is 198 Å². The summed E-state index contributed by atoms with van der Waals surface area (Å²) < 4.78 is 52.8. The molecule has 5 rings (SSSR count). The van der Waals surface area contributed by atoms with Crippen molar-refractivity contribution in [3.8, 4) is 0 Å². The van der Waals surface area contributed by atoms with Crippen molar-refractivity contribution in [1.29, 1.82) is 0 Å². The third-order valence-electron chi connectivity index (χ3n) is 16.4. The molecule has 18 atom stereocenters. The average Bonchev–Trinajstić information content (AvgIpc) is 3.37. The normalized spacial score (nSPS) is 36.8. The van der Waals surface area contributed by atoms with Gasteiger partial charge in [0.1, 0.15) is 34.8 Å². The van der Waals surface area contributed by atoms with E-state index in [-0.39, 0.29) is 61.1 Å². The summed E-state index contributed by atoms with van der Waals surface area (Å²) in [6.07, 6.45) is -5.58. The number of likely N-dealkylation sites (N-methyl/N-ethyl adjacent to an activating group) is 1. The number of hydrogen-bond acceptors (Lipinski definition) is 20. The highest BCUT2D eigenvalue weighted by molar-refractivity contribution is 5.92. The van der Waals surface area contributed by atoms with Gasteiger partial charge >= 0.3 is 17.9 Å². The van der Waals surface area contributed by atoms with Crippen LogP contribution < -0.4 is 15.8 Å². The van der Waals surface area contributed by atoms with Gasteiger partial charge in [-0.15, -0.1) is 0 Å². The van der Waals surface area contributed by atoms with Crippen LogP contribution in [-0.4, -0.2) is 198 Å². The lowest BCUT2D eigenvalue weighted by molar-refractivity contribution is -0.320. The number of aryl methyl sites for hydroxylation is 1. The summed E-state index contributed by atoms with van der Waals surface area (Å²) in [6.45, 7) is 17.7. The number of carbonyl (C=O) groups is 4. The molecule has 2 aromatic heterocycles. The van der Waals surface area contributed by atoms with Crippen LogP contribution in [0.3, 0.4) is 0 Å². The van der Waals surface area contributed by atoms with Crippen LogP contribution in [0.2, 0.25) is 0 Å². The van der Waals surface area contributed by atoms with Crippen molar-refractivity contribution in [2.75, 3.05) is 60.5 Å². The van der Waals surface area contributed by atoms with Crippen molar-refractivity contribution in [3.63, 3.8) is 0 Å². The summed E-state index contributed by atoms with van der Waals surface area (Å²) in [4.78, 5) is 73.5. The second kappa shape index (κ2) is 26.4. The number of aliphatic hydroxyl groups excluding tert-OH is 2. The van der Waals surface area contributed by atoms with Gasteiger partial charge in [0.25, 0.3) is 0 Å². The molecule has 3 saturated heterocycles. The van der Waals surface area contributed by atoms with E-state index in [1.165, 1.54) is 38.9 Å². The van der Waals surface area contributed by atoms with Crippen LogP contribution in [0.1, 0.15) is 124 Å². The maximum Gasteiger partial charge on any atom is 0.341 e. The third kappa shape index (κ3) is 14.4. The molecule has 1 unspecified atom stereocenters. The molecular weight excluding hydrogens is 1000 g/mol. The molecule has 2 aromatic rings. The summed E-state index contributed by atoms with van der Waals surface area (Å²) >= 11 is 0. The Hall–Kier alpha value is -4.20. The van der Waals surface area contributed by atoms with Gasteiger partial charge < -0.3 is 73.5 Å². The number of aliphatic hydroxyl groups is 3. The smallest absolute Gasteiger partial charge is 0.341 e.